The van der Waals surface area contributed by atoms with Gasteiger partial charge in [-0.15, -0.1) is 0 Å². The van der Waals surface area contributed by atoms with Crippen LogP contribution in [0.4, 0.5) is 0 Å². The van der Waals surface area contributed by atoms with Crippen LogP contribution in [0.5, 0.6) is 11.5 Å². The van der Waals surface area contributed by atoms with E-state index in [0.717, 1.165) is 22.1 Å². The summed E-state index contributed by atoms with van der Waals surface area (Å²) in [6.07, 6.45) is 0.694. The monoisotopic (exact) mass is 369 g/mol. The number of benzene rings is 3. The van der Waals surface area contributed by atoms with Gasteiger partial charge in [-0.1, -0.05) is 54.1 Å². The van der Waals surface area contributed by atoms with E-state index in [1.807, 2.05) is 48.5 Å². The van der Waals surface area contributed by atoms with Gasteiger partial charge < -0.3 is 14.8 Å². The molecule has 0 spiro atoms. The molecule has 3 aromatic rings. The van der Waals surface area contributed by atoms with Gasteiger partial charge in [-0.05, 0) is 30.2 Å². The zero-order valence-electron chi connectivity index (χ0n) is 14.5. The summed E-state index contributed by atoms with van der Waals surface area (Å²) >= 11 is 6.20. The maximum atomic E-state index is 12.1. The molecule has 0 aliphatic rings. The van der Waals surface area contributed by atoms with Crippen molar-refractivity contribution in [2.24, 2.45) is 0 Å². The Bertz CT molecular complexity index is 911. The Morgan fingerprint density at radius 2 is 1.69 bits per heavy atom. The van der Waals surface area contributed by atoms with E-state index < -0.39 is 0 Å². The smallest absolute Gasteiger partial charge is 0.257 e. The molecule has 3 aromatic carbocycles. The van der Waals surface area contributed by atoms with Crippen molar-refractivity contribution < 1.29 is 14.3 Å². The van der Waals surface area contributed by atoms with Gasteiger partial charge in [0, 0.05) is 22.3 Å². The number of carbonyl (C=O) groups is 1. The van der Waals surface area contributed by atoms with Crippen LogP contribution in [0.3, 0.4) is 0 Å². The Morgan fingerprint density at radius 1 is 0.962 bits per heavy atom. The average Bonchev–Trinajstić information content (AvgIpc) is 2.68. The van der Waals surface area contributed by atoms with E-state index in [4.69, 9.17) is 21.1 Å². The van der Waals surface area contributed by atoms with Crippen molar-refractivity contribution in [1.82, 2.24) is 5.32 Å². The fraction of sp³-hybridized carbons (Fsp3) is 0.190. The molecule has 0 aliphatic carbocycles. The van der Waals surface area contributed by atoms with Gasteiger partial charge in [-0.25, -0.2) is 0 Å². The van der Waals surface area contributed by atoms with Crippen LogP contribution in [0.2, 0.25) is 5.02 Å². The minimum atomic E-state index is -0.168. The zero-order valence-corrected chi connectivity index (χ0v) is 15.3. The highest BCUT2D eigenvalue weighted by molar-refractivity contribution is 6.35. The maximum Gasteiger partial charge on any atom is 0.257 e. The van der Waals surface area contributed by atoms with Crippen LogP contribution in [0.25, 0.3) is 10.8 Å². The van der Waals surface area contributed by atoms with E-state index in [2.05, 4.69) is 5.32 Å². The first-order chi connectivity index (χ1) is 12.7. The Hall–Kier alpha value is -2.72. The summed E-state index contributed by atoms with van der Waals surface area (Å²) < 4.78 is 11.0. The molecule has 0 unspecified atom stereocenters. The molecule has 0 saturated heterocycles. The molecule has 0 aromatic heterocycles. The lowest BCUT2D eigenvalue weighted by Crippen LogP contribution is -2.30. The highest BCUT2D eigenvalue weighted by atomic mass is 35.5. The number of fused-ring (bicyclic) bond motifs is 1. The minimum Gasteiger partial charge on any atom is -0.496 e. The number of para-hydroxylation sites is 1. The van der Waals surface area contributed by atoms with Crippen LogP contribution in [-0.2, 0) is 11.2 Å². The molecule has 26 heavy (non-hydrogen) atoms. The molecule has 0 atom stereocenters. The molecular formula is C21H20ClNO3. The molecule has 134 valence electrons. The van der Waals surface area contributed by atoms with Gasteiger partial charge in [-0.3, -0.25) is 4.79 Å². The molecule has 3 rings (SSSR count). The third-order valence-electron chi connectivity index (χ3n) is 4.10. The van der Waals surface area contributed by atoms with Crippen molar-refractivity contribution >= 4 is 28.3 Å². The molecule has 0 radical (unpaired) electrons. The minimum absolute atomic E-state index is 0.0441. The Balaban J connectivity index is 1.54. The molecule has 5 heteroatoms. The number of hydrogen-bond donors (Lipinski definition) is 1. The zero-order chi connectivity index (χ0) is 18.4. The number of carbonyl (C=O) groups excluding carboxylic acids is 1. The summed E-state index contributed by atoms with van der Waals surface area (Å²) in [6.45, 7) is 0.474. The van der Waals surface area contributed by atoms with E-state index in [1.165, 1.54) is 0 Å². The predicted octanol–water partition coefficient (Wildman–Crippen LogP) is 4.24. The van der Waals surface area contributed by atoms with Crippen molar-refractivity contribution in [2.45, 2.75) is 6.42 Å². The molecule has 0 saturated carbocycles. The number of halogens is 1. The molecule has 4 nitrogen and oxygen atoms in total. The molecule has 1 amide bonds. The van der Waals surface area contributed by atoms with E-state index in [9.17, 15) is 4.79 Å². The maximum absolute atomic E-state index is 12.1. The number of rotatable bonds is 7. The normalized spacial score (nSPS) is 10.5. The van der Waals surface area contributed by atoms with Crippen LogP contribution in [0.1, 0.15) is 5.56 Å². The Morgan fingerprint density at radius 3 is 2.50 bits per heavy atom. The number of amides is 1. The fourth-order valence-electron chi connectivity index (χ4n) is 2.80. The number of methoxy groups -OCH3 is 1. The van der Waals surface area contributed by atoms with E-state index >= 15 is 0 Å². The largest absolute Gasteiger partial charge is 0.496 e. The van der Waals surface area contributed by atoms with Gasteiger partial charge in [0.2, 0.25) is 0 Å². The summed E-state index contributed by atoms with van der Waals surface area (Å²) in [7, 11) is 1.64. The molecule has 0 heterocycles. The lowest BCUT2D eigenvalue weighted by Gasteiger charge is -2.11. The van der Waals surface area contributed by atoms with Crippen molar-refractivity contribution in [1.29, 1.82) is 0 Å². The second-order valence-corrected chi connectivity index (χ2v) is 6.20. The lowest BCUT2D eigenvalue weighted by atomic mass is 10.1. The van der Waals surface area contributed by atoms with Crippen LogP contribution >= 0.6 is 11.6 Å². The third kappa shape index (κ3) is 4.27. The molecule has 0 aliphatic heterocycles. The van der Waals surface area contributed by atoms with Gasteiger partial charge in [0.25, 0.3) is 5.91 Å². The van der Waals surface area contributed by atoms with Crippen molar-refractivity contribution in [3.8, 4) is 11.5 Å². The topological polar surface area (TPSA) is 47.6 Å². The highest BCUT2D eigenvalue weighted by Gasteiger charge is 2.08. The van der Waals surface area contributed by atoms with Crippen LogP contribution < -0.4 is 14.8 Å². The van der Waals surface area contributed by atoms with Crippen molar-refractivity contribution in [3.05, 3.63) is 71.2 Å². The van der Waals surface area contributed by atoms with Crippen LogP contribution in [0.15, 0.2) is 60.7 Å². The summed E-state index contributed by atoms with van der Waals surface area (Å²) in [6, 6.07) is 19.0. The van der Waals surface area contributed by atoms with Gasteiger partial charge >= 0.3 is 0 Å². The lowest BCUT2D eigenvalue weighted by molar-refractivity contribution is -0.123. The third-order valence-corrected chi connectivity index (χ3v) is 4.43. The second-order valence-electron chi connectivity index (χ2n) is 5.79. The van der Waals surface area contributed by atoms with Crippen molar-refractivity contribution in [3.63, 3.8) is 0 Å². The number of nitrogens with one attached hydrogen (secondary N) is 1. The summed E-state index contributed by atoms with van der Waals surface area (Å²) in [4.78, 5) is 12.1. The Labute approximate surface area is 157 Å². The Kier molecular flexibility index (Phi) is 5.97. The first-order valence-corrected chi connectivity index (χ1v) is 8.75. The van der Waals surface area contributed by atoms with Crippen molar-refractivity contribution in [2.75, 3.05) is 20.3 Å². The summed E-state index contributed by atoms with van der Waals surface area (Å²) in [5.74, 6) is 1.30. The summed E-state index contributed by atoms with van der Waals surface area (Å²) in [5.41, 5.74) is 1.06. The number of ether oxygens (including phenoxy) is 2. The standard InChI is InChI=1S/C21H20ClNO3/c1-25-19-9-5-2-6-15(19)12-13-23-21(24)14-26-20-11-10-18(22)16-7-3-4-8-17(16)20/h2-11H,12-14H2,1H3,(H,23,24). The van der Waals surface area contributed by atoms with E-state index in [1.54, 1.807) is 19.2 Å². The fourth-order valence-corrected chi connectivity index (χ4v) is 3.03. The van der Waals surface area contributed by atoms with E-state index in [0.29, 0.717) is 23.7 Å². The average molecular weight is 370 g/mol. The highest BCUT2D eigenvalue weighted by Crippen LogP contribution is 2.31. The second kappa shape index (κ2) is 8.59. The van der Waals surface area contributed by atoms with Gasteiger partial charge in [0.15, 0.2) is 6.61 Å². The molecule has 0 fully saturated rings. The molecular weight excluding hydrogens is 350 g/mol. The summed E-state index contributed by atoms with van der Waals surface area (Å²) in [5, 5.41) is 5.32. The van der Waals surface area contributed by atoms with Gasteiger partial charge in [0.05, 0.1) is 7.11 Å². The van der Waals surface area contributed by atoms with Gasteiger partial charge in [-0.2, -0.15) is 0 Å². The molecule has 1 N–H and O–H groups in total. The van der Waals surface area contributed by atoms with Crippen LogP contribution in [0, 0.1) is 0 Å². The van der Waals surface area contributed by atoms with Crippen LogP contribution in [-0.4, -0.2) is 26.2 Å². The first-order valence-electron chi connectivity index (χ1n) is 8.37. The SMILES string of the molecule is COc1ccccc1CCNC(=O)COc1ccc(Cl)c2ccccc12. The van der Waals surface area contributed by atoms with Gasteiger partial charge in [0.1, 0.15) is 11.5 Å². The first kappa shape index (κ1) is 18.1. The van der Waals surface area contributed by atoms with E-state index in [-0.39, 0.29) is 12.5 Å². The molecule has 0 bridgehead atoms. The predicted molar refractivity (Wildman–Crippen MR) is 104 cm³/mol. The quantitative estimate of drug-likeness (QED) is 0.677. The number of hydrogen-bond acceptors (Lipinski definition) is 3.